The molecule has 3 heteroatoms. The molecule has 124 valence electrons. The number of benzene rings is 3. The van der Waals surface area contributed by atoms with E-state index < -0.39 is 6.04 Å². The van der Waals surface area contributed by atoms with Crippen LogP contribution >= 0.6 is 0 Å². The van der Waals surface area contributed by atoms with Gasteiger partial charge in [-0.2, -0.15) is 0 Å². The second kappa shape index (κ2) is 6.52. The highest BCUT2D eigenvalue weighted by Crippen LogP contribution is 2.39. The Morgan fingerprint density at radius 1 is 0.960 bits per heavy atom. The second-order valence-corrected chi connectivity index (χ2v) is 6.12. The molecule has 3 aromatic carbocycles. The van der Waals surface area contributed by atoms with Crippen molar-refractivity contribution >= 4 is 22.5 Å². The van der Waals surface area contributed by atoms with E-state index >= 15 is 0 Å². The fourth-order valence-electron chi connectivity index (χ4n) is 3.49. The van der Waals surface area contributed by atoms with Gasteiger partial charge < -0.3 is 4.74 Å². The van der Waals surface area contributed by atoms with E-state index in [4.69, 9.17) is 4.74 Å². The van der Waals surface area contributed by atoms with Crippen molar-refractivity contribution in [2.45, 2.75) is 18.9 Å². The summed E-state index contributed by atoms with van der Waals surface area (Å²) in [7, 11) is 0. The van der Waals surface area contributed by atoms with Crippen LogP contribution in [0.5, 0.6) is 0 Å². The molecule has 2 atom stereocenters. The first-order chi connectivity index (χ1) is 12.3. The molecular weight excluding hydrogens is 310 g/mol. The Kier molecular flexibility index (Phi) is 4.06. The van der Waals surface area contributed by atoms with Crippen molar-refractivity contribution in [1.82, 2.24) is 0 Å². The summed E-state index contributed by atoms with van der Waals surface area (Å²) < 4.78 is 5.25. The number of hydrogen-bond donors (Lipinski definition) is 0. The highest BCUT2D eigenvalue weighted by Gasteiger charge is 2.43. The maximum absolute atomic E-state index is 12.4. The SMILES string of the molecule is CCOC(=O)[C@@H]1N=C(c2ccccc2)[C@@H]1c1cccc2ccccc12. The smallest absolute Gasteiger partial charge is 0.331 e. The van der Waals surface area contributed by atoms with Crippen LogP contribution in [0.3, 0.4) is 0 Å². The molecule has 0 unspecified atom stereocenters. The van der Waals surface area contributed by atoms with Gasteiger partial charge in [0.15, 0.2) is 6.04 Å². The molecule has 0 saturated carbocycles. The lowest BCUT2D eigenvalue weighted by Gasteiger charge is -2.34. The summed E-state index contributed by atoms with van der Waals surface area (Å²) in [6, 6.07) is 24.1. The summed E-state index contributed by atoms with van der Waals surface area (Å²) in [4.78, 5) is 17.0. The van der Waals surface area contributed by atoms with Crippen LogP contribution in [0.15, 0.2) is 77.8 Å². The van der Waals surface area contributed by atoms with Crippen LogP contribution in [0, 0.1) is 0 Å². The number of fused-ring (bicyclic) bond motifs is 1. The summed E-state index contributed by atoms with van der Waals surface area (Å²) in [5, 5.41) is 2.33. The van der Waals surface area contributed by atoms with Gasteiger partial charge in [0.25, 0.3) is 0 Å². The zero-order valence-corrected chi connectivity index (χ0v) is 14.1. The lowest BCUT2D eigenvalue weighted by molar-refractivity contribution is -0.145. The van der Waals surface area contributed by atoms with Gasteiger partial charge >= 0.3 is 5.97 Å². The number of rotatable bonds is 4. The van der Waals surface area contributed by atoms with Gasteiger partial charge in [0.2, 0.25) is 0 Å². The summed E-state index contributed by atoms with van der Waals surface area (Å²) in [5.74, 6) is -0.326. The van der Waals surface area contributed by atoms with Crippen molar-refractivity contribution in [3.05, 3.63) is 83.9 Å². The summed E-state index contributed by atoms with van der Waals surface area (Å²) in [6.45, 7) is 2.19. The fourth-order valence-corrected chi connectivity index (χ4v) is 3.49. The summed E-state index contributed by atoms with van der Waals surface area (Å²) in [5.41, 5.74) is 3.14. The molecule has 0 N–H and O–H groups in total. The molecule has 0 radical (unpaired) electrons. The van der Waals surface area contributed by atoms with Gasteiger partial charge in [0, 0.05) is 0 Å². The molecule has 0 bridgehead atoms. The quantitative estimate of drug-likeness (QED) is 0.667. The van der Waals surface area contributed by atoms with Gasteiger partial charge in [-0.15, -0.1) is 0 Å². The normalized spacial score (nSPS) is 19.2. The molecular formula is C22H19NO2. The van der Waals surface area contributed by atoms with Gasteiger partial charge in [0.1, 0.15) is 0 Å². The number of aliphatic imine (C=N–C) groups is 1. The maximum Gasteiger partial charge on any atom is 0.331 e. The molecule has 25 heavy (non-hydrogen) atoms. The molecule has 0 aromatic heterocycles. The Hall–Kier alpha value is -2.94. The van der Waals surface area contributed by atoms with Gasteiger partial charge in [-0.25, -0.2) is 4.79 Å². The van der Waals surface area contributed by atoms with Crippen LogP contribution in [0.1, 0.15) is 24.0 Å². The molecule has 4 rings (SSSR count). The van der Waals surface area contributed by atoms with Crippen LogP contribution < -0.4 is 0 Å². The van der Waals surface area contributed by atoms with E-state index in [9.17, 15) is 4.79 Å². The highest BCUT2D eigenvalue weighted by molar-refractivity contribution is 6.14. The Morgan fingerprint density at radius 2 is 1.68 bits per heavy atom. The minimum Gasteiger partial charge on any atom is -0.464 e. The standard InChI is InChI=1S/C22H19NO2/c1-2-25-22(24)21-19(20(23-21)16-10-4-3-5-11-16)18-14-8-12-15-9-6-7-13-17(15)18/h3-14,19,21H,2H2,1H3/t19-,21+/m0/s1. The summed E-state index contributed by atoms with van der Waals surface area (Å²) >= 11 is 0. The summed E-state index contributed by atoms with van der Waals surface area (Å²) in [6.07, 6.45) is 0. The van der Waals surface area contributed by atoms with Crippen molar-refractivity contribution in [1.29, 1.82) is 0 Å². The lowest BCUT2D eigenvalue weighted by atomic mass is 9.77. The zero-order chi connectivity index (χ0) is 17.2. The number of ether oxygens (including phenoxy) is 1. The van der Waals surface area contributed by atoms with E-state index in [1.54, 1.807) is 0 Å². The van der Waals surface area contributed by atoms with Crippen LogP contribution in [0.25, 0.3) is 10.8 Å². The average Bonchev–Trinajstić information content (AvgIpc) is 2.62. The van der Waals surface area contributed by atoms with Crippen LogP contribution in [-0.2, 0) is 9.53 Å². The highest BCUT2D eigenvalue weighted by atomic mass is 16.5. The minimum absolute atomic E-state index is 0.0763. The van der Waals surface area contributed by atoms with E-state index in [1.165, 1.54) is 5.39 Å². The molecule has 0 fully saturated rings. The van der Waals surface area contributed by atoms with Gasteiger partial charge in [-0.3, -0.25) is 4.99 Å². The van der Waals surface area contributed by atoms with E-state index in [1.807, 2.05) is 55.5 Å². The van der Waals surface area contributed by atoms with Gasteiger partial charge in [-0.1, -0.05) is 72.8 Å². The molecule has 0 amide bonds. The number of nitrogens with zero attached hydrogens (tertiary/aromatic N) is 1. The van der Waals surface area contributed by atoms with Crippen molar-refractivity contribution in [2.75, 3.05) is 6.61 Å². The number of hydrogen-bond acceptors (Lipinski definition) is 3. The Bertz CT molecular complexity index is 941. The first kappa shape index (κ1) is 15.6. The minimum atomic E-state index is -0.471. The molecule has 3 nitrogen and oxygen atoms in total. The third-order valence-electron chi connectivity index (χ3n) is 4.64. The van der Waals surface area contributed by atoms with E-state index in [0.717, 1.165) is 22.2 Å². The fraction of sp³-hybridized carbons (Fsp3) is 0.182. The third kappa shape index (κ3) is 2.72. The Balaban J connectivity index is 1.83. The van der Waals surface area contributed by atoms with Crippen LogP contribution in [0.2, 0.25) is 0 Å². The molecule has 1 aliphatic heterocycles. The van der Waals surface area contributed by atoms with Crippen molar-refractivity contribution in [3.63, 3.8) is 0 Å². The van der Waals surface area contributed by atoms with Crippen molar-refractivity contribution in [3.8, 4) is 0 Å². The van der Waals surface area contributed by atoms with Gasteiger partial charge in [0.05, 0.1) is 18.2 Å². The predicted octanol–water partition coefficient (Wildman–Crippen LogP) is 4.36. The van der Waals surface area contributed by atoms with E-state index in [2.05, 4.69) is 29.3 Å². The number of carbonyl (C=O) groups is 1. The van der Waals surface area contributed by atoms with E-state index in [-0.39, 0.29) is 11.9 Å². The average molecular weight is 329 g/mol. The first-order valence-electron chi connectivity index (χ1n) is 8.57. The third-order valence-corrected chi connectivity index (χ3v) is 4.64. The molecule has 0 saturated heterocycles. The van der Waals surface area contributed by atoms with Gasteiger partial charge in [-0.05, 0) is 28.8 Å². The number of carbonyl (C=O) groups excluding carboxylic acids is 1. The topological polar surface area (TPSA) is 38.7 Å². The van der Waals surface area contributed by atoms with Crippen molar-refractivity contribution < 1.29 is 9.53 Å². The maximum atomic E-state index is 12.4. The zero-order valence-electron chi connectivity index (χ0n) is 14.1. The van der Waals surface area contributed by atoms with E-state index in [0.29, 0.717) is 6.61 Å². The Labute approximate surface area is 147 Å². The number of esters is 1. The molecule has 0 spiro atoms. The predicted molar refractivity (Wildman–Crippen MR) is 100 cm³/mol. The van der Waals surface area contributed by atoms with Crippen molar-refractivity contribution in [2.24, 2.45) is 4.99 Å². The lowest BCUT2D eigenvalue weighted by Crippen LogP contribution is -2.42. The second-order valence-electron chi connectivity index (χ2n) is 6.12. The molecule has 3 aromatic rings. The Morgan fingerprint density at radius 3 is 2.48 bits per heavy atom. The first-order valence-corrected chi connectivity index (χ1v) is 8.57. The van der Waals surface area contributed by atoms with Crippen LogP contribution in [0.4, 0.5) is 0 Å². The largest absolute Gasteiger partial charge is 0.464 e. The molecule has 1 heterocycles. The van der Waals surface area contributed by atoms with Crippen LogP contribution in [-0.4, -0.2) is 24.3 Å². The molecule has 1 aliphatic rings. The molecule has 0 aliphatic carbocycles. The monoisotopic (exact) mass is 329 g/mol.